The van der Waals surface area contributed by atoms with Gasteiger partial charge in [0.25, 0.3) is 0 Å². The summed E-state index contributed by atoms with van der Waals surface area (Å²) >= 11 is 0. The van der Waals surface area contributed by atoms with Crippen LogP contribution < -0.4 is 62.0 Å². The van der Waals surface area contributed by atoms with Gasteiger partial charge in [-0.2, -0.15) is 0 Å². The van der Waals surface area contributed by atoms with Crippen LogP contribution in [0.5, 0.6) is 0 Å². The minimum atomic E-state index is -4.28. The second-order valence-electron chi connectivity index (χ2n) is 11.0. The van der Waals surface area contributed by atoms with Crippen molar-refractivity contribution in [3.05, 3.63) is 94.5 Å². The van der Waals surface area contributed by atoms with Gasteiger partial charge in [-0.3, -0.25) is 9.69 Å². The number of hydrogen-bond donors (Lipinski definition) is 0. The average Bonchev–Trinajstić information content (AvgIpc) is 2.94. The first-order chi connectivity index (χ1) is 19.0. The molecule has 1 aliphatic carbocycles. The van der Waals surface area contributed by atoms with E-state index in [2.05, 4.69) is 4.90 Å². The molecule has 0 radical (unpaired) electrons. The molecule has 3 aromatic rings. The van der Waals surface area contributed by atoms with E-state index < -0.39 is 17.3 Å². The van der Waals surface area contributed by atoms with Crippen LogP contribution in [0.2, 0.25) is 0 Å². The van der Waals surface area contributed by atoms with Gasteiger partial charge in [0.2, 0.25) is 12.7 Å². The Hall–Kier alpha value is -0.934. The molecule has 0 unspecified atom stereocenters. The maximum atomic E-state index is 14.9. The summed E-state index contributed by atoms with van der Waals surface area (Å²) in [5.74, 6) is -0.386. The number of benzene rings is 3. The Morgan fingerprint density at radius 1 is 0.902 bits per heavy atom. The van der Waals surface area contributed by atoms with Crippen molar-refractivity contribution < 1.29 is 73.7 Å². The summed E-state index contributed by atoms with van der Waals surface area (Å²) in [5.41, 5.74) is 3.75. The zero-order chi connectivity index (χ0) is 28.9. The second-order valence-corrected chi connectivity index (χ2v) is 15.1. The molecule has 4 rings (SSSR count). The quantitative estimate of drug-likeness (QED) is 0.186. The molecule has 0 amide bonds. The molecule has 1 saturated carbocycles. The minimum absolute atomic E-state index is 0. The van der Waals surface area contributed by atoms with Crippen LogP contribution in [-0.2, 0) is 21.2 Å². The van der Waals surface area contributed by atoms with E-state index in [0.717, 1.165) is 47.9 Å². The van der Waals surface area contributed by atoms with Crippen LogP contribution in [0, 0.1) is 20.8 Å². The van der Waals surface area contributed by atoms with Gasteiger partial charge in [0.1, 0.15) is 0 Å². The molecule has 0 heterocycles. The number of aryl methyl sites for hydroxylation is 2. The summed E-state index contributed by atoms with van der Waals surface area (Å²) in [4.78, 5) is 16.8. The first-order valence-electron chi connectivity index (χ1n) is 14.1. The number of carbonyl (C=O) groups is 1. The zero-order valence-electron chi connectivity index (χ0n) is 24.6. The maximum absolute atomic E-state index is 14.9. The molecule has 1 aliphatic rings. The molecular formula is C32H39KNO5PS. The molecule has 0 aliphatic heterocycles. The Labute approximate surface area is 287 Å². The van der Waals surface area contributed by atoms with Crippen LogP contribution >= 0.6 is 7.14 Å². The fraction of sp³-hybridized carbons (Fsp3) is 0.406. The average molecular weight is 620 g/mol. The van der Waals surface area contributed by atoms with E-state index in [1.807, 2.05) is 63.2 Å². The zero-order valence-corrected chi connectivity index (χ0v) is 29.5. The van der Waals surface area contributed by atoms with Gasteiger partial charge < -0.3 is 9.12 Å². The normalized spacial score (nSPS) is 14.6. The van der Waals surface area contributed by atoms with Gasteiger partial charge in [0.15, 0.2) is 0 Å². The molecular weight excluding hydrogens is 580 g/mol. The van der Waals surface area contributed by atoms with Crippen LogP contribution in [-0.4, -0.2) is 41.7 Å². The van der Waals surface area contributed by atoms with Gasteiger partial charge >= 0.3 is 51.4 Å². The van der Waals surface area contributed by atoms with E-state index in [9.17, 15) is 22.3 Å². The van der Waals surface area contributed by atoms with Crippen LogP contribution in [0.4, 0.5) is 0 Å². The van der Waals surface area contributed by atoms with Crippen molar-refractivity contribution in [2.45, 2.75) is 71.9 Å². The van der Waals surface area contributed by atoms with Crippen LogP contribution in [0.25, 0.3) is 0 Å². The molecule has 0 bridgehead atoms. The van der Waals surface area contributed by atoms with E-state index in [-0.39, 0.29) is 69.1 Å². The van der Waals surface area contributed by atoms with Crippen LogP contribution in [0.3, 0.4) is 0 Å². The Balaban J connectivity index is 0.00000462. The summed E-state index contributed by atoms with van der Waals surface area (Å²) in [7, 11) is -7.96. The van der Waals surface area contributed by atoms with Crippen molar-refractivity contribution in [1.82, 2.24) is 4.90 Å². The van der Waals surface area contributed by atoms with E-state index in [1.165, 1.54) is 6.42 Å². The van der Waals surface area contributed by atoms with Crippen molar-refractivity contribution in [1.29, 1.82) is 0 Å². The predicted molar refractivity (Wildman–Crippen MR) is 161 cm³/mol. The van der Waals surface area contributed by atoms with Crippen LogP contribution in [0.1, 0.15) is 71.1 Å². The van der Waals surface area contributed by atoms with Crippen molar-refractivity contribution in [2.24, 2.45) is 0 Å². The van der Waals surface area contributed by atoms with Gasteiger partial charge in [-0.1, -0.05) is 86.0 Å². The summed E-state index contributed by atoms with van der Waals surface area (Å²) in [6.45, 7) is 6.90. The van der Waals surface area contributed by atoms with E-state index in [0.29, 0.717) is 35.3 Å². The number of hydrogen-bond acceptors (Lipinski definition) is 6. The third-order valence-electron chi connectivity index (χ3n) is 8.16. The number of nitrogens with zero attached hydrogens (tertiary/aromatic N) is 1. The number of carbonyl (C=O) groups excluding carboxylic acids is 1. The molecule has 0 spiro atoms. The Kier molecular flexibility index (Phi) is 12.8. The fourth-order valence-corrected chi connectivity index (χ4v) is 9.19. The van der Waals surface area contributed by atoms with E-state index in [4.69, 9.17) is 0 Å². The standard InChI is InChI=1S/C32H40NO5PS.K/c1-24-22-25(2)31(32(34)39(35,28-16-9-5-10-17-28)29-18-11-6-12-19-29)26(3)30(24)23-33(20-13-21-40(36,37)38)27-14-7-4-8-15-27;/h5-6,9-12,16-19,22,27H,4,7-8,13-15,20-21,23H2,1-3H3,(H,36,37,38);/q;+1/p-1. The first kappa shape index (κ1) is 34.6. The first-order valence-corrected chi connectivity index (χ1v) is 17.3. The largest absolute Gasteiger partial charge is 1.00 e. The molecule has 9 heteroatoms. The van der Waals surface area contributed by atoms with E-state index >= 15 is 0 Å². The third-order valence-corrected chi connectivity index (χ3v) is 11.8. The topological polar surface area (TPSA) is 94.6 Å². The minimum Gasteiger partial charge on any atom is -0.748 e. The molecule has 6 nitrogen and oxygen atoms in total. The van der Waals surface area contributed by atoms with Gasteiger partial charge in [-0.15, -0.1) is 0 Å². The molecule has 0 aromatic heterocycles. The monoisotopic (exact) mass is 619 g/mol. The predicted octanol–water partition coefficient (Wildman–Crippen LogP) is 2.84. The van der Waals surface area contributed by atoms with Gasteiger partial charge in [-0.25, -0.2) is 8.42 Å². The van der Waals surface area contributed by atoms with Crippen molar-refractivity contribution in [2.75, 3.05) is 12.3 Å². The molecule has 0 N–H and O–H groups in total. The smallest absolute Gasteiger partial charge is 0.748 e. The third kappa shape index (κ3) is 8.37. The summed E-state index contributed by atoms with van der Waals surface area (Å²) < 4.78 is 48.8. The van der Waals surface area contributed by atoms with Crippen molar-refractivity contribution in [3.8, 4) is 0 Å². The second kappa shape index (κ2) is 15.2. The summed E-state index contributed by atoms with van der Waals surface area (Å²) in [6.07, 6.45) is 5.75. The van der Waals surface area contributed by atoms with E-state index in [1.54, 1.807) is 24.3 Å². The molecule has 0 saturated heterocycles. The molecule has 0 atom stereocenters. The summed E-state index contributed by atoms with van der Waals surface area (Å²) in [6, 6.07) is 20.3. The van der Waals surface area contributed by atoms with Crippen molar-refractivity contribution in [3.63, 3.8) is 0 Å². The summed E-state index contributed by atoms with van der Waals surface area (Å²) in [5, 5.41) is 1.02. The molecule has 41 heavy (non-hydrogen) atoms. The Morgan fingerprint density at radius 2 is 1.44 bits per heavy atom. The molecule has 1 fully saturated rings. The van der Waals surface area contributed by atoms with Crippen molar-refractivity contribution >= 4 is 33.4 Å². The SMILES string of the molecule is Cc1cc(C)c(C(=O)P(=O)(c2ccccc2)c2ccccc2)c(C)c1CN(CCCS(=O)(=O)[O-])C1CCCCC1.[K+]. The Morgan fingerprint density at radius 3 is 1.95 bits per heavy atom. The molecule has 3 aromatic carbocycles. The molecule has 214 valence electrons. The fourth-order valence-electron chi connectivity index (χ4n) is 6.10. The van der Waals surface area contributed by atoms with Gasteiger partial charge in [0, 0.05) is 34.5 Å². The van der Waals surface area contributed by atoms with Gasteiger partial charge in [-0.05, 0) is 68.8 Å². The maximum Gasteiger partial charge on any atom is 1.00 e. The number of rotatable bonds is 11. The Bertz CT molecular complexity index is 1450. The van der Waals surface area contributed by atoms with Gasteiger partial charge in [0.05, 0.1) is 10.1 Å². The van der Waals surface area contributed by atoms with Crippen LogP contribution in [0.15, 0.2) is 66.7 Å².